The quantitative estimate of drug-likeness (QED) is 0.488. The number of ether oxygens (including phenoxy) is 3. The highest BCUT2D eigenvalue weighted by molar-refractivity contribution is 5.81. The molecule has 0 bridgehead atoms. The molecule has 1 aliphatic carbocycles. The molecular weight excluding hydrogens is 446 g/mol. The summed E-state index contributed by atoms with van der Waals surface area (Å²) in [6.45, 7) is 2.78. The van der Waals surface area contributed by atoms with Crippen molar-refractivity contribution in [3.05, 3.63) is 59.7 Å². The lowest BCUT2D eigenvalue weighted by Crippen LogP contribution is -2.52. The Morgan fingerprint density at radius 2 is 1.74 bits per heavy atom. The molecule has 1 N–H and O–H groups in total. The van der Waals surface area contributed by atoms with Gasteiger partial charge in [0, 0.05) is 19.6 Å². The molecule has 1 amide bonds. The number of hydrogen-bond donors (Lipinski definition) is 1. The van der Waals surface area contributed by atoms with E-state index in [0.717, 1.165) is 59.3 Å². The summed E-state index contributed by atoms with van der Waals surface area (Å²) in [4.78, 5) is 26.6. The van der Waals surface area contributed by atoms with E-state index < -0.39 is 30.5 Å². The van der Waals surface area contributed by atoms with E-state index in [1.165, 1.54) is 7.05 Å². The van der Waals surface area contributed by atoms with Crippen LogP contribution in [0.15, 0.2) is 48.5 Å². The monoisotopic (exact) mass is 481 g/mol. The molecule has 0 saturated carbocycles. The van der Waals surface area contributed by atoms with Crippen molar-refractivity contribution in [3.8, 4) is 11.1 Å². The number of rotatable bonds is 10. The molecule has 0 radical (unpaired) electrons. The van der Waals surface area contributed by atoms with Crippen LogP contribution in [0.5, 0.6) is 0 Å². The van der Waals surface area contributed by atoms with Gasteiger partial charge >= 0.3 is 12.1 Å². The molecule has 35 heavy (non-hydrogen) atoms. The highest BCUT2D eigenvalue weighted by Gasteiger charge is 2.38. The maximum absolute atomic E-state index is 13.1. The minimum Gasteiger partial charge on any atom is -0.480 e. The van der Waals surface area contributed by atoms with E-state index >= 15 is 0 Å². The van der Waals surface area contributed by atoms with Crippen LogP contribution in [-0.4, -0.2) is 60.8 Å². The molecule has 7 heteroatoms. The molecule has 2 unspecified atom stereocenters. The van der Waals surface area contributed by atoms with Crippen LogP contribution in [0, 0.1) is 0 Å². The highest BCUT2D eigenvalue weighted by atomic mass is 16.7. The van der Waals surface area contributed by atoms with Gasteiger partial charge in [-0.3, -0.25) is 4.90 Å². The van der Waals surface area contributed by atoms with Crippen molar-refractivity contribution in [1.29, 1.82) is 0 Å². The lowest BCUT2D eigenvalue weighted by Gasteiger charge is -2.34. The summed E-state index contributed by atoms with van der Waals surface area (Å²) in [6.07, 6.45) is 3.09. The number of benzene rings is 2. The van der Waals surface area contributed by atoms with Gasteiger partial charge in [0.25, 0.3) is 0 Å². The Morgan fingerprint density at radius 1 is 1.09 bits per heavy atom. The Bertz CT molecular complexity index is 973. The maximum atomic E-state index is 13.1. The van der Waals surface area contributed by atoms with Crippen LogP contribution >= 0.6 is 0 Å². The van der Waals surface area contributed by atoms with Crippen LogP contribution < -0.4 is 0 Å². The maximum Gasteiger partial charge on any atom is 0.410 e. The van der Waals surface area contributed by atoms with Crippen molar-refractivity contribution in [2.45, 2.75) is 69.8 Å². The van der Waals surface area contributed by atoms with Crippen molar-refractivity contribution < 1.29 is 28.9 Å². The van der Waals surface area contributed by atoms with Crippen LogP contribution in [0.2, 0.25) is 0 Å². The summed E-state index contributed by atoms with van der Waals surface area (Å²) in [6, 6.07) is 15.1. The lowest BCUT2D eigenvalue weighted by molar-refractivity contribution is -0.203. The zero-order valence-corrected chi connectivity index (χ0v) is 20.5. The molecule has 1 aliphatic heterocycles. The van der Waals surface area contributed by atoms with Gasteiger partial charge in [-0.05, 0) is 47.9 Å². The van der Waals surface area contributed by atoms with Crippen molar-refractivity contribution in [1.82, 2.24) is 4.90 Å². The average molecular weight is 482 g/mol. The minimum absolute atomic E-state index is 0.0918. The Hall–Kier alpha value is -2.90. The van der Waals surface area contributed by atoms with Gasteiger partial charge < -0.3 is 19.3 Å². The van der Waals surface area contributed by atoms with Crippen molar-refractivity contribution in [2.75, 3.05) is 20.3 Å². The third kappa shape index (κ3) is 5.68. The Balaban J connectivity index is 1.47. The topological polar surface area (TPSA) is 85.3 Å². The minimum atomic E-state index is -1.16. The molecule has 2 aromatic carbocycles. The average Bonchev–Trinajstić information content (AvgIpc) is 3.20. The summed E-state index contributed by atoms with van der Waals surface area (Å²) < 4.78 is 17.5. The molecule has 7 nitrogen and oxygen atoms in total. The number of carbonyl (C=O) groups is 2. The largest absolute Gasteiger partial charge is 0.480 e. The standard InChI is InChI=1S/C28H35NO6/c1-3-4-15-24(35-25-16-9-10-17-33-25)26(27(30)31)29(2)28(32)34-18-23-21-13-7-5-11-19(21)20-12-6-8-14-22(20)23/h5-8,11-14,23-26H,3-4,9-10,15-18H2,1-2H3,(H,30,31)/t24?,25?,26-/m0/s1. The number of carboxylic acids is 1. The van der Waals surface area contributed by atoms with Gasteiger partial charge in [-0.15, -0.1) is 0 Å². The van der Waals surface area contributed by atoms with E-state index in [2.05, 4.69) is 24.3 Å². The van der Waals surface area contributed by atoms with Crippen LogP contribution in [-0.2, 0) is 19.0 Å². The number of unbranched alkanes of at least 4 members (excludes halogenated alkanes) is 1. The molecule has 2 aliphatic rings. The molecule has 1 saturated heterocycles. The second kappa shape index (κ2) is 11.7. The molecule has 0 aromatic heterocycles. The zero-order valence-electron chi connectivity index (χ0n) is 20.5. The number of aliphatic carboxylic acids is 1. The first-order valence-corrected chi connectivity index (χ1v) is 12.6. The van der Waals surface area contributed by atoms with Crippen LogP contribution in [0.1, 0.15) is 62.5 Å². The third-order valence-electron chi connectivity index (χ3n) is 6.95. The van der Waals surface area contributed by atoms with Gasteiger partial charge in [-0.1, -0.05) is 68.3 Å². The van der Waals surface area contributed by atoms with E-state index in [1.54, 1.807) is 0 Å². The van der Waals surface area contributed by atoms with Crippen molar-refractivity contribution >= 4 is 12.1 Å². The second-order valence-corrected chi connectivity index (χ2v) is 9.31. The predicted octanol–water partition coefficient (Wildman–Crippen LogP) is 5.42. The predicted molar refractivity (Wildman–Crippen MR) is 132 cm³/mol. The second-order valence-electron chi connectivity index (χ2n) is 9.31. The Labute approximate surface area is 207 Å². The summed E-state index contributed by atoms with van der Waals surface area (Å²) in [5.41, 5.74) is 4.50. The van der Waals surface area contributed by atoms with E-state index in [1.807, 2.05) is 31.2 Å². The van der Waals surface area contributed by atoms with Crippen molar-refractivity contribution in [2.24, 2.45) is 0 Å². The molecule has 3 atom stereocenters. The number of amides is 1. The smallest absolute Gasteiger partial charge is 0.410 e. The van der Waals surface area contributed by atoms with Crippen LogP contribution in [0.3, 0.4) is 0 Å². The molecular formula is C28H35NO6. The van der Waals surface area contributed by atoms with Crippen molar-refractivity contribution in [3.63, 3.8) is 0 Å². The van der Waals surface area contributed by atoms with E-state index in [9.17, 15) is 14.7 Å². The molecule has 2 aromatic rings. The number of fused-ring (bicyclic) bond motifs is 3. The van der Waals surface area contributed by atoms with Gasteiger partial charge in [-0.2, -0.15) is 0 Å². The Morgan fingerprint density at radius 3 is 2.31 bits per heavy atom. The number of carboxylic acid groups (broad SMARTS) is 1. The summed E-state index contributed by atoms with van der Waals surface area (Å²) >= 11 is 0. The van der Waals surface area contributed by atoms with Gasteiger partial charge in [0.15, 0.2) is 12.3 Å². The van der Waals surface area contributed by atoms with Gasteiger partial charge in [0.2, 0.25) is 0 Å². The molecule has 0 spiro atoms. The fourth-order valence-electron chi connectivity index (χ4n) is 5.10. The van der Waals surface area contributed by atoms with Gasteiger partial charge in [0.1, 0.15) is 6.61 Å². The molecule has 1 heterocycles. The lowest BCUT2D eigenvalue weighted by atomic mass is 9.98. The highest BCUT2D eigenvalue weighted by Crippen LogP contribution is 2.44. The summed E-state index contributed by atoms with van der Waals surface area (Å²) in [5.74, 6) is -1.20. The first-order chi connectivity index (χ1) is 17.0. The number of hydrogen-bond acceptors (Lipinski definition) is 5. The summed E-state index contributed by atoms with van der Waals surface area (Å²) in [5, 5.41) is 10.1. The molecule has 188 valence electrons. The number of carbonyl (C=O) groups excluding carboxylic acids is 1. The fraction of sp³-hybridized carbons (Fsp3) is 0.500. The van der Waals surface area contributed by atoms with Crippen LogP contribution in [0.25, 0.3) is 11.1 Å². The van der Waals surface area contributed by atoms with E-state index in [0.29, 0.717) is 13.0 Å². The molecule has 1 fully saturated rings. The molecule has 4 rings (SSSR count). The van der Waals surface area contributed by atoms with E-state index in [-0.39, 0.29) is 12.5 Å². The number of likely N-dealkylation sites (N-methyl/N-ethyl adjacent to an activating group) is 1. The fourth-order valence-corrected chi connectivity index (χ4v) is 5.10. The normalized spacial score (nSPS) is 18.9. The summed E-state index contributed by atoms with van der Waals surface area (Å²) in [7, 11) is 1.47. The zero-order chi connectivity index (χ0) is 24.8. The van der Waals surface area contributed by atoms with E-state index in [4.69, 9.17) is 14.2 Å². The first kappa shape index (κ1) is 25.2. The Kier molecular flexibility index (Phi) is 8.42. The first-order valence-electron chi connectivity index (χ1n) is 12.6. The van der Waals surface area contributed by atoms with Gasteiger partial charge in [0.05, 0.1) is 6.10 Å². The third-order valence-corrected chi connectivity index (χ3v) is 6.95. The van der Waals surface area contributed by atoms with Crippen LogP contribution in [0.4, 0.5) is 4.79 Å². The SMILES string of the molecule is CCCCC(OC1CCCCO1)[C@@H](C(=O)O)N(C)C(=O)OCC1c2ccccc2-c2ccccc21. The van der Waals surface area contributed by atoms with Gasteiger partial charge in [-0.25, -0.2) is 9.59 Å². The number of nitrogens with zero attached hydrogens (tertiary/aromatic N) is 1.